The summed E-state index contributed by atoms with van der Waals surface area (Å²) in [6.07, 6.45) is -0.790. The summed E-state index contributed by atoms with van der Waals surface area (Å²) in [4.78, 5) is 14.6. The highest BCUT2D eigenvalue weighted by atomic mass is 16.7. The van der Waals surface area contributed by atoms with Crippen molar-refractivity contribution in [2.45, 2.75) is 12.6 Å². The third-order valence-electron chi connectivity index (χ3n) is 1.99. The first-order valence-electron chi connectivity index (χ1n) is 4.19. The van der Waals surface area contributed by atoms with E-state index in [2.05, 4.69) is 9.99 Å². The summed E-state index contributed by atoms with van der Waals surface area (Å²) < 4.78 is 0. The van der Waals surface area contributed by atoms with Gasteiger partial charge in [0, 0.05) is 0 Å². The predicted octanol–water partition coefficient (Wildman–Crippen LogP) is 1.41. The number of benzene rings is 1. The van der Waals surface area contributed by atoms with Crippen molar-refractivity contribution in [2.75, 3.05) is 0 Å². The maximum atomic E-state index is 10.4. The molecule has 1 aromatic rings. The van der Waals surface area contributed by atoms with Crippen molar-refractivity contribution in [3.63, 3.8) is 0 Å². The van der Waals surface area contributed by atoms with Crippen molar-refractivity contribution in [3.8, 4) is 0 Å². The molecule has 1 aromatic carbocycles. The van der Waals surface area contributed by atoms with Gasteiger partial charge in [-0.3, -0.25) is 10.1 Å². The quantitative estimate of drug-likeness (QED) is 0.525. The lowest BCUT2D eigenvalue weighted by atomic mass is 10.1. The highest BCUT2D eigenvalue weighted by molar-refractivity contribution is 6.01. The van der Waals surface area contributed by atoms with Gasteiger partial charge in [0.25, 0.3) is 0 Å². The standard InChI is InChI=1S/C9H8N2O3/c12-11(13)9-6-8(10-14-9)7-4-2-1-3-5-7/h1-5,9H,6H2. The zero-order valence-electron chi connectivity index (χ0n) is 7.29. The largest absolute Gasteiger partial charge is 0.380 e. The van der Waals surface area contributed by atoms with Gasteiger partial charge in [0.1, 0.15) is 6.42 Å². The molecule has 0 saturated heterocycles. The highest BCUT2D eigenvalue weighted by Crippen LogP contribution is 2.16. The molecule has 2 rings (SSSR count). The SMILES string of the molecule is O=[N+]([O-])C1CC(c2ccccc2)=NO1. The molecule has 14 heavy (non-hydrogen) atoms. The van der Waals surface area contributed by atoms with Crippen LogP contribution in [0.2, 0.25) is 0 Å². The Labute approximate surface area is 80.1 Å². The van der Waals surface area contributed by atoms with Gasteiger partial charge in [-0.15, -0.1) is 0 Å². The molecular formula is C9H8N2O3. The zero-order chi connectivity index (χ0) is 9.97. The number of nitro groups is 1. The van der Waals surface area contributed by atoms with Gasteiger partial charge in [0.2, 0.25) is 0 Å². The second-order valence-corrected chi connectivity index (χ2v) is 2.95. The van der Waals surface area contributed by atoms with E-state index in [1.807, 2.05) is 30.3 Å². The van der Waals surface area contributed by atoms with E-state index < -0.39 is 11.2 Å². The second kappa shape index (κ2) is 3.45. The Morgan fingerprint density at radius 2 is 2.14 bits per heavy atom. The van der Waals surface area contributed by atoms with Crippen LogP contribution >= 0.6 is 0 Å². The number of oxime groups is 1. The molecule has 0 aromatic heterocycles. The van der Waals surface area contributed by atoms with Crippen molar-refractivity contribution in [3.05, 3.63) is 46.0 Å². The summed E-state index contributed by atoms with van der Waals surface area (Å²) in [5.41, 5.74) is 1.50. The van der Waals surface area contributed by atoms with Crippen molar-refractivity contribution in [2.24, 2.45) is 5.16 Å². The molecule has 0 bridgehead atoms. The summed E-state index contributed by atoms with van der Waals surface area (Å²) in [5.74, 6) is 0. The fourth-order valence-corrected chi connectivity index (χ4v) is 1.28. The smallest absolute Gasteiger partial charge is 0.321 e. The van der Waals surface area contributed by atoms with Gasteiger partial charge in [-0.05, 0) is 5.56 Å². The molecule has 1 unspecified atom stereocenters. The maximum absolute atomic E-state index is 10.4. The van der Waals surface area contributed by atoms with Crippen molar-refractivity contribution in [1.82, 2.24) is 0 Å². The normalized spacial score (nSPS) is 20.0. The van der Waals surface area contributed by atoms with E-state index in [9.17, 15) is 10.1 Å². The molecule has 0 amide bonds. The first kappa shape index (κ1) is 8.68. The van der Waals surface area contributed by atoms with Gasteiger partial charge in [0.15, 0.2) is 0 Å². The van der Waals surface area contributed by atoms with Crippen molar-refractivity contribution < 1.29 is 9.76 Å². The molecule has 0 fully saturated rings. The number of rotatable bonds is 2. The van der Waals surface area contributed by atoms with Gasteiger partial charge >= 0.3 is 6.23 Å². The van der Waals surface area contributed by atoms with Crippen LogP contribution in [0.4, 0.5) is 0 Å². The van der Waals surface area contributed by atoms with Crippen LogP contribution in [-0.4, -0.2) is 16.9 Å². The third-order valence-corrected chi connectivity index (χ3v) is 1.99. The average molecular weight is 192 g/mol. The molecule has 0 N–H and O–H groups in total. The van der Waals surface area contributed by atoms with E-state index in [-0.39, 0.29) is 6.42 Å². The summed E-state index contributed by atoms with van der Waals surface area (Å²) >= 11 is 0. The van der Waals surface area contributed by atoms with Crippen LogP contribution in [0.3, 0.4) is 0 Å². The van der Waals surface area contributed by atoms with Crippen LogP contribution in [0.25, 0.3) is 0 Å². The molecule has 1 atom stereocenters. The molecule has 0 radical (unpaired) electrons. The summed E-state index contributed by atoms with van der Waals surface area (Å²) in [7, 11) is 0. The molecule has 72 valence electrons. The first-order chi connectivity index (χ1) is 6.77. The number of hydrogen-bond donors (Lipinski definition) is 0. The minimum Gasteiger partial charge on any atom is -0.321 e. The van der Waals surface area contributed by atoms with Crippen LogP contribution in [0, 0.1) is 10.1 Å². The first-order valence-corrected chi connectivity index (χ1v) is 4.19. The Morgan fingerprint density at radius 1 is 1.43 bits per heavy atom. The monoisotopic (exact) mass is 192 g/mol. The van der Waals surface area contributed by atoms with Crippen LogP contribution in [-0.2, 0) is 4.84 Å². The van der Waals surface area contributed by atoms with Gasteiger partial charge in [-0.2, -0.15) is 0 Å². The van der Waals surface area contributed by atoms with Crippen LogP contribution in [0.15, 0.2) is 35.5 Å². The summed E-state index contributed by atoms with van der Waals surface area (Å²) in [5, 5.41) is 14.1. The fourth-order valence-electron chi connectivity index (χ4n) is 1.28. The Kier molecular flexibility index (Phi) is 2.14. The van der Waals surface area contributed by atoms with Gasteiger partial charge in [-0.25, -0.2) is 0 Å². The Bertz CT molecular complexity index is 375. The van der Waals surface area contributed by atoms with E-state index in [1.165, 1.54) is 0 Å². The molecule has 1 aliphatic rings. The molecular weight excluding hydrogens is 184 g/mol. The van der Waals surface area contributed by atoms with E-state index in [4.69, 9.17) is 0 Å². The molecule has 1 aliphatic heterocycles. The zero-order valence-corrected chi connectivity index (χ0v) is 7.29. The Balaban J connectivity index is 2.13. The lowest BCUT2D eigenvalue weighted by Gasteiger charge is -1.97. The molecule has 5 heteroatoms. The van der Waals surface area contributed by atoms with Gasteiger partial charge in [-0.1, -0.05) is 35.5 Å². The fraction of sp³-hybridized carbons (Fsp3) is 0.222. The van der Waals surface area contributed by atoms with Gasteiger partial charge < -0.3 is 4.84 Å². The van der Waals surface area contributed by atoms with Gasteiger partial charge in [0.05, 0.1) is 10.6 Å². The Hall–Kier alpha value is -1.91. The van der Waals surface area contributed by atoms with Crippen LogP contribution < -0.4 is 0 Å². The molecule has 1 heterocycles. The second-order valence-electron chi connectivity index (χ2n) is 2.95. The van der Waals surface area contributed by atoms with Crippen molar-refractivity contribution >= 4 is 5.71 Å². The highest BCUT2D eigenvalue weighted by Gasteiger charge is 2.30. The lowest BCUT2D eigenvalue weighted by molar-refractivity contribution is -0.571. The van der Waals surface area contributed by atoms with Crippen LogP contribution in [0.5, 0.6) is 0 Å². The van der Waals surface area contributed by atoms with Crippen LogP contribution in [0.1, 0.15) is 12.0 Å². The molecule has 0 saturated carbocycles. The summed E-state index contributed by atoms with van der Waals surface area (Å²) in [6.45, 7) is 0. The molecule has 0 aliphatic carbocycles. The molecule has 5 nitrogen and oxygen atoms in total. The average Bonchev–Trinajstić information content (AvgIpc) is 2.68. The summed E-state index contributed by atoms with van der Waals surface area (Å²) in [6, 6.07) is 9.30. The number of nitrogens with zero attached hydrogens (tertiary/aromatic N) is 2. The molecule has 0 spiro atoms. The van der Waals surface area contributed by atoms with Crippen molar-refractivity contribution in [1.29, 1.82) is 0 Å². The van der Waals surface area contributed by atoms with E-state index >= 15 is 0 Å². The Morgan fingerprint density at radius 3 is 2.71 bits per heavy atom. The van der Waals surface area contributed by atoms with E-state index in [0.29, 0.717) is 5.71 Å². The minimum atomic E-state index is -1.02. The maximum Gasteiger partial charge on any atom is 0.380 e. The van der Waals surface area contributed by atoms with E-state index in [0.717, 1.165) is 5.56 Å². The predicted molar refractivity (Wildman–Crippen MR) is 49.5 cm³/mol. The topological polar surface area (TPSA) is 64.7 Å². The number of hydrogen-bond acceptors (Lipinski definition) is 4. The third kappa shape index (κ3) is 1.56. The van der Waals surface area contributed by atoms with E-state index in [1.54, 1.807) is 0 Å². The minimum absolute atomic E-state index is 0.233. The lowest BCUT2D eigenvalue weighted by Crippen LogP contribution is -2.18.